The number of halogens is 2. The van der Waals surface area contributed by atoms with Crippen LogP contribution in [0, 0.1) is 5.82 Å². The first-order valence-corrected chi connectivity index (χ1v) is 9.79. The fourth-order valence-electron chi connectivity index (χ4n) is 3.63. The van der Waals surface area contributed by atoms with E-state index in [4.69, 9.17) is 5.73 Å². The normalized spacial score (nSPS) is 16.2. The highest BCUT2D eigenvalue weighted by atomic mass is 19.1. The van der Waals surface area contributed by atoms with Crippen molar-refractivity contribution in [2.24, 2.45) is 0 Å². The fraction of sp³-hybridized carbons (Fsp3) is 0.174. The highest BCUT2D eigenvalue weighted by Gasteiger charge is 2.25. The molecule has 1 saturated heterocycles. The minimum atomic E-state index is -0.755. The summed E-state index contributed by atoms with van der Waals surface area (Å²) < 4.78 is 27.3. The van der Waals surface area contributed by atoms with Crippen LogP contribution in [0.2, 0.25) is 0 Å². The van der Waals surface area contributed by atoms with E-state index in [1.807, 2.05) is 4.90 Å². The Bertz CT molecular complexity index is 1150. The number of hydrogen-bond donors (Lipinski definition) is 2. The van der Waals surface area contributed by atoms with Gasteiger partial charge in [-0.1, -0.05) is 18.7 Å². The van der Waals surface area contributed by atoms with Gasteiger partial charge in [0.05, 0.1) is 5.56 Å². The van der Waals surface area contributed by atoms with Gasteiger partial charge >= 0.3 is 0 Å². The molecule has 3 heterocycles. The second-order valence-corrected chi connectivity index (χ2v) is 7.24. The number of carbonyl (C=O) groups is 1. The smallest absolute Gasteiger partial charge is 0.215 e. The number of rotatable bonds is 5. The van der Waals surface area contributed by atoms with Crippen LogP contribution in [-0.4, -0.2) is 35.4 Å². The number of nitrogens with one attached hydrogen (secondary N) is 1. The van der Waals surface area contributed by atoms with Gasteiger partial charge in [0.15, 0.2) is 0 Å². The minimum absolute atomic E-state index is 0. The van der Waals surface area contributed by atoms with Crippen molar-refractivity contribution in [1.29, 1.82) is 0 Å². The number of benzene rings is 1. The average Bonchev–Trinajstić information content (AvgIpc) is 2.79. The highest BCUT2D eigenvalue weighted by Crippen LogP contribution is 2.27. The number of piperazine rings is 1. The predicted octanol–water partition coefficient (Wildman–Crippen LogP) is 4.26. The molecule has 0 amide bonds. The van der Waals surface area contributed by atoms with E-state index in [2.05, 4.69) is 21.9 Å². The standard InChI is InChI=1S/C23H21F2N5O.3H2/c1-14(24)17-8-9-20(29-21(17)22(31)18-3-2-10-28-23(18)26)30-12-11-27-19(13-30)15-4-6-16(25)7-5-15;;;/h2-10,19,27H,1,11-13H2,(H2,26,28);3*1H. The summed E-state index contributed by atoms with van der Waals surface area (Å²) in [6.07, 6.45) is 1.47. The summed E-state index contributed by atoms with van der Waals surface area (Å²) in [6.45, 7) is 5.19. The second-order valence-electron chi connectivity index (χ2n) is 7.24. The molecule has 1 atom stereocenters. The summed E-state index contributed by atoms with van der Waals surface area (Å²) in [5.74, 6) is -0.989. The zero-order valence-electron chi connectivity index (χ0n) is 16.7. The van der Waals surface area contributed by atoms with Crippen LogP contribution in [0.25, 0.3) is 5.83 Å². The molecule has 0 saturated carbocycles. The SMILES string of the molecule is C=C(F)c1ccc(N2CCNC(c3ccc(F)cc3)C2)nc1C(=O)c1cccnc1N.[HH].[HH].[HH]. The van der Waals surface area contributed by atoms with E-state index >= 15 is 0 Å². The minimum Gasteiger partial charge on any atom is -0.383 e. The molecule has 0 bridgehead atoms. The number of hydrogen-bond acceptors (Lipinski definition) is 6. The first kappa shape index (κ1) is 20.6. The Labute approximate surface area is 182 Å². The summed E-state index contributed by atoms with van der Waals surface area (Å²) in [7, 11) is 0. The van der Waals surface area contributed by atoms with Gasteiger partial charge in [0.2, 0.25) is 5.78 Å². The van der Waals surface area contributed by atoms with Crippen molar-refractivity contribution in [2.45, 2.75) is 6.04 Å². The first-order valence-electron chi connectivity index (χ1n) is 9.79. The molecule has 1 fully saturated rings. The van der Waals surface area contributed by atoms with Crippen LogP contribution < -0.4 is 16.0 Å². The van der Waals surface area contributed by atoms with Crippen molar-refractivity contribution in [3.63, 3.8) is 0 Å². The summed E-state index contributed by atoms with van der Waals surface area (Å²) in [6, 6.07) is 12.5. The lowest BCUT2D eigenvalue weighted by Gasteiger charge is -2.35. The molecule has 4 rings (SSSR count). The van der Waals surface area contributed by atoms with E-state index in [1.54, 1.807) is 24.3 Å². The fourth-order valence-corrected chi connectivity index (χ4v) is 3.63. The van der Waals surface area contributed by atoms with Crippen molar-refractivity contribution in [3.05, 3.63) is 89.5 Å². The zero-order valence-corrected chi connectivity index (χ0v) is 16.7. The average molecular weight is 427 g/mol. The highest BCUT2D eigenvalue weighted by molar-refractivity contribution is 6.12. The molecule has 1 unspecified atom stereocenters. The zero-order chi connectivity index (χ0) is 22.0. The second kappa shape index (κ2) is 8.61. The Kier molecular flexibility index (Phi) is 5.73. The molecule has 0 radical (unpaired) electrons. The quantitative estimate of drug-likeness (QED) is 0.592. The third-order valence-electron chi connectivity index (χ3n) is 5.24. The van der Waals surface area contributed by atoms with Gasteiger partial charge in [-0.05, 0) is 42.0 Å². The number of nitrogens with zero attached hydrogens (tertiary/aromatic N) is 3. The maximum atomic E-state index is 14.1. The van der Waals surface area contributed by atoms with Gasteiger partial charge < -0.3 is 16.0 Å². The summed E-state index contributed by atoms with van der Waals surface area (Å²) in [5, 5.41) is 3.40. The molecule has 31 heavy (non-hydrogen) atoms. The Morgan fingerprint density at radius 3 is 2.68 bits per heavy atom. The molecule has 164 valence electrons. The largest absolute Gasteiger partial charge is 0.383 e. The van der Waals surface area contributed by atoms with Crippen molar-refractivity contribution in [3.8, 4) is 0 Å². The van der Waals surface area contributed by atoms with Crippen molar-refractivity contribution >= 4 is 23.2 Å². The van der Waals surface area contributed by atoms with Crippen molar-refractivity contribution in [2.75, 3.05) is 30.3 Å². The summed E-state index contributed by atoms with van der Waals surface area (Å²) >= 11 is 0. The molecule has 1 aliphatic rings. The number of ketones is 1. The van der Waals surface area contributed by atoms with Crippen molar-refractivity contribution < 1.29 is 17.9 Å². The molecule has 6 nitrogen and oxygen atoms in total. The molecular formula is C23H27F2N5O. The maximum absolute atomic E-state index is 14.1. The predicted molar refractivity (Wildman–Crippen MR) is 122 cm³/mol. The number of aromatic nitrogens is 2. The van der Waals surface area contributed by atoms with E-state index in [0.717, 1.165) is 5.56 Å². The first-order chi connectivity index (χ1) is 14.9. The lowest BCUT2D eigenvalue weighted by molar-refractivity contribution is 0.103. The molecule has 1 aliphatic heterocycles. The lowest BCUT2D eigenvalue weighted by Crippen LogP contribution is -2.46. The number of pyridine rings is 2. The Hall–Kier alpha value is -3.65. The topological polar surface area (TPSA) is 84.1 Å². The Balaban J connectivity index is 0.00000193. The molecule has 3 N–H and O–H groups in total. The number of anilines is 2. The van der Waals surface area contributed by atoms with Crippen molar-refractivity contribution in [1.82, 2.24) is 15.3 Å². The van der Waals surface area contributed by atoms with Crippen LogP contribution in [0.3, 0.4) is 0 Å². The van der Waals surface area contributed by atoms with Gasteiger partial charge in [0, 0.05) is 41.7 Å². The maximum Gasteiger partial charge on any atom is 0.215 e. The van der Waals surface area contributed by atoms with Gasteiger partial charge in [-0.2, -0.15) is 0 Å². The van der Waals surface area contributed by atoms with E-state index in [9.17, 15) is 13.6 Å². The van der Waals surface area contributed by atoms with Gasteiger partial charge in [0.1, 0.15) is 29.0 Å². The number of nitrogen functional groups attached to an aromatic ring is 1. The van der Waals surface area contributed by atoms with Crippen LogP contribution >= 0.6 is 0 Å². The molecule has 3 aromatic rings. The van der Waals surface area contributed by atoms with Gasteiger partial charge in [-0.3, -0.25) is 4.79 Å². The van der Waals surface area contributed by atoms with E-state index in [1.165, 1.54) is 30.5 Å². The van der Waals surface area contributed by atoms with E-state index in [0.29, 0.717) is 25.5 Å². The molecule has 1 aromatic carbocycles. The van der Waals surface area contributed by atoms with Gasteiger partial charge in [-0.25, -0.2) is 18.7 Å². The molecule has 2 aromatic heterocycles. The molecule has 0 spiro atoms. The number of nitrogens with two attached hydrogens (primary N) is 1. The van der Waals surface area contributed by atoms with Crippen LogP contribution in [0.5, 0.6) is 0 Å². The summed E-state index contributed by atoms with van der Waals surface area (Å²) in [4.78, 5) is 23.5. The number of carbonyl (C=O) groups excluding carboxylic acids is 1. The molecular weight excluding hydrogens is 400 g/mol. The van der Waals surface area contributed by atoms with E-state index < -0.39 is 11.6 Å². The lowest BCUT2D eigenvalue weighted by atomic mass is 10.0. The van der Waals surface area contributed by atoms with E-state index in [-0.39, 0.29) is 38.8 Å². The molecule has 0 aliphatic carbocycles. The molecule has 8 heteroatoms. The van der Waals surface area contributed by atoms with Crippen LogP contribution in [0.15, 0.2) is 61.3 Å². The van der Waals surface area contributed by atoms with Gasteiger partial charge in [-0.15, -0.1) is 0 Å². The Morgan fingerprint density at radius 2 is 1.97 bits per heavy atom. The van der Waals surface area contributed by atoms with Gasteiger partial charge in [0.25, 0.3) is 0 Å². The Morgan fingerprint density at radius 1 is 1.19 bits per heavy atom. The monoisotopic (exact) mass is 427 g/mol. The van der Waals surface area contributed by atoms with Crippen LogP contribution in [0.1, 0.15) is 37.5 Å². The summed E-state index contributed by atoms with van der Waals surface area (Å²) in [5.41, 5.74) is 6.88. The van der Waals surface area contributed by atoms with Crippen LogP contribution in [-0.2, 0) is 0 Å². The third kappa shape index (κ3) is 4.29. The van der Waals surface area contributed by atoms with Crippen LogP contribution in [0.4, 0.5) is 20.4 Å². The third-order valence-corrected chi connectivity index (χ3v) is 5.24.